The van der Waals surface area contributed by atoms with Crippen LogP contribution in [0.25, 0.3) is 0 Å². The van der Waals surface area contributed by atoms with E-state index >= 15 is 0 Å². The van der Waals surface area contributed by atoms with Crippen LogP contribution in [0.1, 0.15) is 31.7 Å². The third-order valence-electron chi connectivity index (χ3n) is 4.05. The van der Waals surface area contributed by atoms with E-state index in [0.29, 0.717) is 6.42 Å². The van der Waals surface area contributed by atoms with Crippen LogP contribution in [0.5, 0.6) is 11.5 Å². The Labute approximate surface area is 165 Å². The Morgan fingerprint density at radius 1 is 1.11 bits per heavy atom. The molecule has 0 aliphatic rings. The molecular weight excluding hydrogens is 362 g/mol. The lowest BCUT2D eigenvalue weighted by Crippen LogP contribution is -2.24. The zero-order valence-electron chi connectivity index (χ0n) is 15.8. The summed E-state index contributed by atoms with van der Waals surface area (Å²) in [6.07, 6.45) is 3.08. The van der Waals surface area contributed by atoms with Crippen LogP contribution in [0.4, 0.5) is 0 Å². The first-order chi connectivity index (χ1) is 13.1. The first-order valence-corrected chi connectivity index (χ1v) is 9.98. The van der Waals surface area contributed by atoms with Crippen molar-refractivity contribution in [3.63, 3.8) is 0 Å². The number of benzene rings is 2. The number of rotatable bonds is 11. The third-order valence-corrected chi connectivity index (χ3v) is 5.26. The molecule has 1 unspecified atom stereocenters. The Balaban J connectivity index is 2.01. The van der Waals surface area contributed by atoms with Crippen molar-refractivity contribution in [3.8, 4) is 11.5 Å². The fraction of sp³-hybridized carbons (Fsp3) is 0.381. The normalized spacial score (nSPS) is 11.7. The Kier molecular flexibility index (Phi) is 9.01. The van der Waals surface area contributed by atoms with Crippen molar-refractivity contribution in [2.24, 2.45) is 0 Å². The van der Waals surface area contributed by atoms with Crippen molar-refractivity contribution < 1.29 is 19.5 Å². The molecule has 0 aromatic heterocycles. The van der Waals surface area contributed by atoms with Crippen LogP contribution in [-0.4, -0.2) is 30.1 Å². The molecule has 0 radical (unpaired) electrons. The molecule has 6 heteroatoms. The molecule has 146 valence electrons. The first kappa shape index (κ1) is 21.1. The number of thioether (sulfide) groups is 1. The van der Waals surface area contributed by atoms with Crippen LogP contribution in [0.2, 0.25) is 0 Å². The van der Waals surface area contributed by atoms with E-state index in [1.54, 1.807) is 24.4 Å². The number of methoxy groups -OCH3 is 1. The molecule has 0 saturated carbocycles. The van der Waals surface area contributed by atoms with Crippen molar-refractivity contribution in [2.45, 2.75) is 42.8 Å². The van der Waals surface area contributed by atoms with Gasteiger partial charge >= 0.3 is 0 Å². The Morgan fingerprint density at radius 2 is 1.78 bits per heavy atom. The molecule has 1 atom stereocenters. The van der Waals surface area contributed by atoms with Crippen molar-refractivity contribution in [1.82, 2.24) is 5.48 Å². The van der Waals surface area contributed by atoms with Crippen molar-refractivity contribution >= 4 is 17.7 Å². The van der Waals surface area contributed by atoms with E-state index in [1.165, 1.54) is 0 Å². The maximum atomic E-state index is 11.7. The van der Waals surface area contributed by atoms with Gasteiger partial charge in [-0.05, 0) is 54.8 Å². The van der Waals surface area contributed by atoms with Gasteiger partial charge < -0.3 is 9.47 Å². The predicted molar refractivity (Wildman–Crippen MR) is 108 cm³/mol. The molecule has 0 fully saturated rings. The average molecular weight is 390 g/mol. The van der Waals surface area contributed by atoms with Crippen LogP contribution in [0.15, 0.2) is 53.4 Å². The van der Waals surface area contributed by atoms with Gasteiger partial charge in [0, 0.05) is 16.6 Å². The molecule has 0 aliphatic heterocycles. The van der Waals surface area contributed by atoms with Crippen LogP contribution in [0, 0.1) is 0 Å². The van der Waals surface area contributed by atoms with Crippen molar-refractivity contribution in [1.29, 1.82) is 0 Å². The molecule has 0 spiro atoms. The van der Waals surface area contributed by atoms with Gasteiger partial charge in [0.2, 0.25) is 5.91 Å². The predicted octanol–water partition coefficient (Wildman–Crippen LogP) is 4.47. The minimum Gasteiger partial charge on any atom is -0.497 e. The highest BCUT2D eigenvalue weighted by atomic mass is 32.2. The van der Waals surface area contributed by atoms with Gasteiger partial charge in [-0.15, -0.1) is 11.8 Å². The van der Waals surface area contributed by atoms with Crippen LogP contribution >= 0.6 is 11.8 Å². The summed E-state index contributed by atoms with van der Waals surface area (Å²) in [6.45, 7) is 2.86. The molecule has 0 saturated heterocycles. The molecule has 0 heterocycles. The molecule has 2 aromatic carbocycles. The number of ether oxygens (including phenoxy) is 2. The second kappa shape index (κ2) is 11.5. The van der Waals surface area contributed by atoms with E-state index in [2.05, 4.69) is 6.92 Å². The average Bonchev–Trinajstić information content (AvgIpc) is 2.70. The van der Waals surface area contributed by atoms with Crippen molar-refractivity contribution in [2.75, 3.05) is 13.7 Å². The number of hydrogen-bond acceptors (Lipinski definition) is 5. The van der Waals surface area contributed by atoms with Gasteiger partial charge in [0.05, 0.1) is 13.7 Å². The first-order valence-electron chi connectivity index (χ1n) is 9.10. The molecular formula is C21H27NO4S. The molecule has 27 heavy (non-hydrogen) atoms. The van der Waals surface area contributed by atoms with E-state index in [1.807, 2.05) is 48.5 Å². The number of carbonyl (C=O) groups is 1. The van der Waals surface area contributed by atoms with E-state index in [4.69, 9.17) is 14.7 Å². The van der Waals surface area contributed by atoms with Gasteiger partial charge in [-0.3, -0.25) is 10.0 Å². The van der Waals surface area contributed by atoms with Crippen LogP contribution in [0.3, 0.4) is 0 Å². The fourth-order valence-corrected chi connectivity index (χ4v) is 3.76. The molecule has 2 rings (SSSR count). The number of amides is 1. The number of nitrogens with one attached hydrogen (secondary N) is 1. The summed E-state index contributed by atoms with van der Waals surface area (Å²) in [5, 5.41) is 8.88. The number of hydroxylamine groups is 1. The molecule has 0 bridgehead atoms. The topological polar surface area (TPSA) is 67.8 Å². The lowest BCUT2D eigenvalue weighted by molar-refractivity contribution is -0.129. The van der Waals surface area contributed by atoms with E-state index in [0.717, 1.165) is 41.4 Å². The lowest BCUT2D eigenvalue weighted by Gasteiger charge is -2.16. The number of unbranched alkanes of at least 4 members (excludes halogenated alkanes) is 1. The highest BCUT2D eigenvalue weighted by Gasteiger charge is 2.16. The molecule has 0 aliphatic carbocycles. The molecule has 1 amide bonds. The van der Waals surface area contributed by atoms with Crippen LogP contribution < -0.4 is 15.0 Å². The van der Waals surface area contributed by atoms with Gasteiger partial charge in [0.25, 0.3) is 0 Å². The maximum absolute atomic E-state index is 11.7. The van der Waals surface area contributed by atoms with Gasteiger partial charge in [-0.25, -0.2) is 5.48 Å². The Bertz CT molecular complexity index is 688. The second-order valence-electron chi connectivity index (χ2n) is 6.20. The summed E-state index contributed by atoms with van der Waals surface area (Å²) in [4.78, 5) is 12.7. The number of carbonyl (C=O) groups excluding carboxylic acids is 1. The summed E-state index contributed by atoms with van der Waals surface area (Å²) in [6, 6.07) is 15.7. The monoisotopic (exact) mass is 389 g/mol. The van der Waals surface area contributed by atoms with Gasteiger partial charge in [-0.2, -0.15) is 0 Å². The number of hydrogen-bond donors (Lipinski definition) is 2. The second-order valence-corrected chi connectivity index (χ2v) is 7.58. The minimum atomic E-state index is -0.388. The molecule has 2 N–H and O–H groups in total. The largest absolute Gasteiger partial charge is 0.497 e. The third kappa shape index (κ3) is 7.53. The van der Waals surface area contributed by atoms with Crippen molar-refractivity contribution in [3.05, 3.63) is 54.1 Å². The van der Waals surface area contributed by atoms with E-state index in [-0.39, 0.29) is 17.6 Å². The molecule has 5 nitrogen and oxygen atoms in total. The summed E-state index contributed by atoms with van der Waals surface area (Å²) < 4.78 is 10.9. The summed E-state index contributed by atoms with van der Waals surface area (Å²) >= 11 is 1.61. The van der Waals surface area contributed by atoms with E-state index in [9.17, 15) is 4.79 Å². The van der Waals surface area contributed by atoms with Gasteiger partial charge in [-0.1, -0.05) is 25.5 Å². The molecule has 2 aromatic rings. The Hall–Kier alpha value is -2.18. The lowest BCUT2D eigenvalue weighted by atomic mass is 10.1. The zero-order valence-corrected chi connectivity index (χ0v) is 16.6. The maximum Gasteiger partial charge on any atom is 0.244 e. The quantitative estimate of drug-likeness (QED) is 0.257. The zero-order chi connectivity index (χ0) is 19.5. The van der Waals surface area contributed by atoms with Gasteiger partial charge in [0.15, 0.2) is 0 Å². The highest BCUT2D eigenvalue weighted by molar-refractivity contribution is 8.00. The Morgan fingerprint density at radius 3 is 2.37 bits per heavy atom. The highest BCUT2D eigenvalue weighted by Crippen LogP contribution is 2.30. The van der Waals surface area contributed by atoms with Gasteiger partial charge in [0.1, 0.15) is 11.5 Å². The summed E-state index contributed by atoms with van der Waals surface area (Å²) in [5.74, 6) is 1.27. The van der Waals surface area contributed by atoms with E-state index < -0.39 is 0 Å². The SMILES string of the molecule is CCCCOc1ccc(CC(CC(=O)NO)Sc2ccc(OC)cc2)cc1. The smallest absolute Gasteiger partial charge is 0.244 e. The fourth-order valence-electron chi connectivity index (χ4n) is 2.57. The van der Waals surface area contributed by atoms with Crippen LogP contribution in [-0.2, 0) is 11.2 Å². The summed E-state index contributed by atoms with van der Waals surface area (Å²) in [5.41, 5.74) is 2.85. The standard InChI is InChI=1S/C21H27NO4S/c1-3-4-13-26-18-7-5-16(6-8-18)14-20(15-21(23)22-24)27-19-11-9-17(25-2)10-12-19/h5-12,20,24H,3-4,13-15H2,1-2H3,(H,22,23). The minimum absolute atomic E-state index is 0.00240. The summed E-state index contributed by atoms with van der Waals surface area (Å²) in [7, 11) is 1.63.